The molecular weight excluding hydrogens is 484 g/mol. The molecule has 3 saturated heterocycles. The van der Waals surface area contributed by atoms with Gasteiger partial charge in [-0.05, 0) is 62.0 Å². The molecule has 1 unspecified atom stereocenters. The third-order valence-corrected chi connectivity index (χ3v) is 10.8. The highest BCUT2D eigenvalue weighted by molar-refractivity contribution is 6.17. The summed E-state index contributed by atoms with van der Waals surface area (Å²) < 4.78 is 32.6. The summed E-state index contributed by atoms with van der Waals surface area (Å²) in [7, 11) is 0. The van der Waals surface area contributed by atoms with Crippen LogP contribution < -0.4 is 0 Å². The van der Waals surface area contributed by atoms with Crippen LogP contribution in [0.15, 0.2) is 23.5 Å². The lowest BCUT2D eigenvalue weighted by Gasteiger charge is -2.77. The standard InChI is InChI=1S/C28H37ClO7/c1-14-16-7-8-17-26-13-33-28(27(17,20(14)30)23(16)35-25(4,5)36-28)21(31)19(26)24(2,3)12-15-6-9-18(32-11-10-29)34-22(15)26/h16-19,21,23,31H,1,6-13H2,2-5H3/t16-,17-,18+,19+,21-,23+,26-,27-,28?/m0/s1. The van der Waals surface area contributed by atoms with Crippen LogP contribution in [-0.2, 0) is 28.5 Å². The van der Waals surface area contributed by atoms with Crippen molar-refractivity contribution in [3.63, 3.8) is 0 Å². The van der Waals surface area contributed by atoms with Gasteiger partial charge in [0.2, 0.25) is 5.79 Å². The molecular formula is C28H37ClO7. The Bertz CT molecular complexity index is 1080. The molecule has 6 fully saturated rings. The summed E-state index contributed by atoms with van der Waals surface area (Å²) in [5, 5.41) is 12.4. The molecule has 8 aliphatic rings. The summed E-state index contributed by atoms with van der Waals surface area (Å²) in [6, 6.07) is 0. The zero-order valence-corrected chi connectivity index (χ0v) is 22.4. The van der Waals surface area contributed by atoms with Gasteiger partial charge in [-0.2, -0.15) is 0 Å². The number of alkyl halides is 1. The number of ketones is 1. The molecule has 36 heavy (non-hydrogen) atoms. The molecule has 4 aliphatic heterocycles. The second-order valence-corrected chi connectivity index (χ2v) is 13.5. The van der Waals surface area contributed by atoms with Gasteiger partial charge in [0.05, 0.1) is 24.7 Å². The third kappa shape index (κ3) is 2.48. The van der Waals surface area contributed by atoms with Crippen LogP contribution in [0.4, 0.5) is 0 Å². The highest BCUT2D eigenvalue weighted by atomic mass is 35.5. The summed E-state index contributed by atoms with van der Waals surface area (Å²) in [5.41, 5.74) is -0.254. The van der Waals surface area contributed by atoms with E-state index in [4.69, 9.17) is 35.3 Å². The van der Waals surface area contributed by atoms with Gasteiger partial charge in [-0.25, -0.2) is 0 Å². The predicted octanol–water partition coefficient (Wildman–Crippen LogP) is 4.07. The number of fused-ring (bicyclic) bond motifs is 1. The fraction of sp³-hybridized carbons (Fsp3) is 0.821. The summed E-state index contributed by atoms with van der Waals surface area (Å²) >= 11 is 5.91. The van der Waals surface area contributed by atoms with Crippen molar-refractivity contribution in [3.05, 3.63) is 23.5 Å². The largest absolute Gasteiger partial charge is 0.469 e. The van der Waals surface area contributed by atoms with Crippen LogP contribution in [0, 0.1) is 34.0 Å². The predicted molar refractivity (Wildman–Crippen MR) is 130 cm³/mol. The Hall–Kier alpha value is -0.960. The lowest BCUT2D eigenvalue weighted by Crippen LogP contribution is -2.87. The molecule has 9 atom stereocenters. The first kappa shape index (κ1) is 24.1. The van der Waals surface area contributed by atoms with Gasteiger partial charge in [0.1, 0.15) is 17.3 Å². The highest BCUT2D eigenvalue weighted by Gasteiger charge is 2.90. The van der Waals surface area contributed by atoms with Gasteiger partial charge in [-0.1, -0.05) is 20.4 Å². The Morgan fingerprint density at radius 2 is 1.97 bits per heavy atom. The van der Waals surface area contributed by atoms with Crippen LogP contribution in [0.2, 0.25) is 0 Å². The van der Waals surface area contributed by atoms with E-state index in [-0.39, 0.29) is 29.0 Å². The van der Waals surface area contributed by atoms with Gasteiger partial charge in [-0.15, -0.1) is 11.6 Å². The smallest absolute Gasteiger partial charge is 0.213 e. The SMILES string of the molecule is C=C1C(=O)[C@@]23[C@@H]4OC(C)(C)OC25OC[C@]2(C6=C(CC[C@H](OCCCl)O6)CC(C)(C)[C@H]2[C@@H]5O)[C@@H]3CC[C@@H]14. The lowest BCUT2D eigenvalue weighted by atomic mass is 9.36. The van der Waals surface area contributed by atoms with Crippen molar-refractivity contribution in [2.75, 3.05) is 19.1 Å². The first-order valence-electron chi connectivity index (χ1n) is 13.5. The van der Waals surface area contributed by atoms with Gasteiger partial charge in [0.15, 0.2) is 17.9 Å². The number of halogens is 1. The molecule has 3 saturated carbocycles. The summed E-state index contributed by atoms with van der Waals surface area (Å²) in [5.74, 6) is -1.77. The molecule has 0 aromatic carbocycles. The molecule has 0 amide bonds. The minimum Gasteiger partial charge on any atom is -0.469 e. The molecule has 3 spiro atoms. The van der Waals surface area contributed by atoms with E-state index in [0.29, 0.717) is 24.7 Å². The number of hydrogen-bond acceptors (Lipinski definition) is 7. The van der Waals surface area contributed by atoms with E-state index in [2.05, 4.69) is 20.4 Å². The minimum absolute atomic E-state index is 0.0663. The van der Waals surface area contributed by atoms with Crippen LogP contribution in [0.1, 0.15) is 59.8 Å². The number of hydrogen-bond donors (Lipinski definition) is 1. The average molecular weight is 521 g/mol. The number of rotatable bonds is 3. The van der Waals surface area contributed by atoms with Crippen molar-refractivity contribution in [3.8, 4) is 0 Å². The normalized spacial score (nSPS) is 51.4. The van der Waals surface area contributed by atoms with Gasteiger partial charge >= 0.3 is 0 Å². The fourth-order valence-electron chi connectivity index (χ4n) is 9.94. The van der Waals surface area contributed by atoms with Crippen molar-refractivity contribution in [2.24, 2.45) is 34.0 Å². The Labute approximate surface area is 217 Å². The van der Waals surface area contributed by atoms with E-state index >= 15 is 0 Å². The van der Waals surface area contributed by atoms with Gasteiger partial charge in [-0.3, -0.25) is 4.79 Å². The van der Waals surface area contributed by atoms with E-state index in [9.17, 15) is 9.90 Å². The number of Topliss-reactive ketones (excluding diaryl/α,β-unsaturated/α-hetero) is 1. The fourth-order valence-corrected chi connectivity index (χ4v) is 10.0. The Kier molecular flexibility index (Phi) is 4.79. The molecule has 0 aromatic rings. The monoisotopic (exact) mass is 520 g/mol. The molecule has 0 aromatic heterocycles. The summed E-state index contributed by atoms with van der Waals surface area (Å²) in [4.78, 5) is 14.3. The second kappa shape index (κ2) is 7.16. The van der Waals surface area contributed by atoms with Crippen molar-refractivity contribution >= 4 is 17.4 Å². The zero-order chi connectivity index (χ0) is 25.5. The van der Waals surface area contributed by atoms with E-state index in [1.165, 1.54) is 5.57 Å². The molecule has 4 bridgehead atoms. The molecule has 4 heterocycles. The number of aliphatic hydroxyl groups excluding tert-OH is 1. The molecule has 0 radical (unpaired) electrons. The van der Waals surface area contributed by atoms with Crippen LogP contribution in [0.25, 0.3) is 0 Å². The zero-order valence-electron chi connectivity index (χ0n) is 21.6. The molecule has 8 heteroatoms. The number of allylic oxidation sites excluding steroid dienone is 1. The van der Waals surface area contributed by atoms with Crippen LogP contribution in [0.5, 0.6) is 0 Å². The Morgan fingerprint density at radius 1 is 1.19 bits per heavy atom. The maximum Gasteiger partial charge on any atom is 0.213 e. The summed E-state index contributed by atoms with van der Waals surface area (Å²) in [6.45, 7) is 13.1. The second-order valence-electron chi connectivity index (χ2n) is 13.2. The van der Waals surface area contributed by atoms with E-state index in [1.807, 2.05) is 13.8 Å². The van der Waals surface area contributed by atoms with Crippen LogP contribution >= 0.6 is 11.6 Å². The lowest BCUT2D eigenvalue weighted by molar-refractivity contribution is -0.527. The Balaban J connectivity index is 1.47. The van der Waals surface area contributed by atoms with Crippen LogP contribution in [-0.4, -0.2) is 60.1 Å². The van der Waals surface area contributed by atoms with Crippen molar-refractivity contribution in [2.45, 2.75) is 89.9 Å². The number of aliphatic hydroxyl groups is 1. The first-order chi connectivity index (χ1) is 17.0. The molecule has 1 N–H and O–H groups in total. The number of carbonyl (C=O) groups is 1. The van der Waals surface area contributed by atoms with Gasteiger partial charge < -0.3 is 28.8 Å². The molecule has 4 aliphatic carbocycles. The molecule has 8 rings (SSSR count). The van der Waals surface area contributed by atoms with E-state index < -0.39 is 40.9 Å². The van der Waals surface area contributed by atoms with Crippen molar-refractivity contribution < 1.29 is 33.6 Å². The van der Waals surface area contributed by atoms with Crippen molar-refractivity contribution in [1.29, 1.82) is 0 Å². The molecule has 7 nitrogen and oxygen atoms in total. The van der Waals surface area contributed by atoms with Gasteiger partial charge in [0, 0.05) is 24.1 Å². The average Bonchev–Trinajstić information content (AvgIpc) is 2.93. The number of ether oxygens (including phenoxy) is 5. The van der Waals surface area contributed by atoms with Gasteiger partial charge in [0.25, 0.3) is 0 Å². The first-order valence-corrected chi connectivity index (χ1v) is 14.0. The minimum atomic E-state index is -1.48. The Morgan fingerprint density at radius 3 is 2.72 bits per heavy atom. The van der Waals surface area contributed by atoms with E-state index in [0.717, 1.165) is 37.9 Å². The van der Waals surface area contributed by atoms with E-state index in [1.54, 1.807) is 0 Å². The maximum absolute atomic E-state index is 14.3. The summed E-state index contributed by atoms with van der Waals surface area (Å²) in [6.07, 6.45) is 2.17. The van der Waals surface area contributed by atoms with Crippen LogP contribution in [0.3, 0.4) is 0 Å². The number of carbonyl (C=O) groups excluding carboxylic acids is 1. The quantitative estimate of drug-likeness (QED) is 0.443. The highest BCUT2D eigenvalue weighted by Crippen LogP contribution is 2.80. The third-order valence-electron chi connectivity index (χ3n) is 10.6. The topological polar surface area (TPSA) is 83.5 Å². The maximum atomic E-state index is 14.3. The molecule has 198 valence electrons. The van der Waals surface area contributed by atoms with Crippen molar-refractivity contribution in [1.82, 2.24) is 0 Å².